The highest BCUT2D eigenvalue weighted by Crippen LogP contribution is 2.18. The van der Waals surface area contributed by atoms with Crippen molar-refractivity contribution in [3.63, 3.8) is 0 Å². The first-order chi connectivity index (χ1) is 25.2. The SMILES string of the molecule is CO.Cc1ccc(C(=O)CC(=O)c2ccc(OCCO)cc2)cc1.Cc1ccc(C(=O)CC(=O)c2ccc(OCCOC3CCCCO3)cc2)cc1. The van der Waals surface area contributed by atoms with E-state index in [0.717, 1.165) is 44.1 Å². The van der Waals surface area contributed by atoms with Gasteiger partial charge in [0.15, 0.2) is 29.4 Å². The molecule has 0 amide bonds. The fraction of sp³-hybridized carbons (Fsp3) is 0.333. The Bertz CT molecular complexity index is 1670. The van der Waals surface area contributed by atoms with Crippen LogP contribution in [0, 0.1) is 13.8 Å². The van der Waals surface area contributed by atoms with E-state index >= 15 is 0 Å². The van der Waals surface area contributed by atoms with Gasteiger partial charge >= 0.3 is 0 Å². The van der Waals surface area contributed by atoms with Gasteiger partial charge in [0.05, 0.1) is 26.1 Å². The third kappa shape index (κ3) is 14.3. The van der Waals surface area contributed by atoms with Gasteiger partial charge in [-0.25, -0.2) is 0 Å². The Labute approximate surface area is 305 Å². The van der Waals surface area contributed by atoms with Crippen LogP contribution in [-0.4, -0.2) is 79.8 Å². The van der Waals surface area contributed by atoms with Gasteiger partial charge < -0.3 is 29.2 Å². The second kappa shape index (κ2) is 22.7. The number of aliphatic hydroxyl groups is 2. The molecule has 1 aliphatic rings. The lowest BCUT2D eigenvalue weighted by molar-refractivity contribution is -0.165. The molecule has 1 aliphatic heterocycles. The van der Waals surface area contributed by atoms with Gasteiger partial charge in [0.1, 0.15) is 24.7 Å². The normalized spacial score (nSPS) is 13.4. The number of rotatable bonds is 16. The van der Waals surface area contributed by atoms with Crippen molar-refractivity contribution < 1.29 is 48.3 Å². The Morgan fingerprint density at radius 2 is 0.962 bits per heavy atom. The predicted octanol–water partition coefficient (Wildman–Crippen LogP) is 6.80. The highest BCUT2D eigenvalue weighted by atomic mass is 16.7. The van der Waals surface area contributed by atoms with Crippen molar-refractivity contribution >= 4 is 23.1 Å². The van der Waals surface area contributed by atoms with Gasteiger partial charge in [-0.1, -0.05) is 59.7 Å². The summed E-state index contributed by atoms with van der Waals surface area (Å²) in [5, 5.41) is 15.7. The van der Waals surface area contributed by atoms with Crippen molar-refractivity contribution in [1.29, 1.82) is 0 Å². The molecule has 5 rings (SSSR count). The Morgan fingerprint density at radius 1 is 0.577 bits per heavy atom. The van der Waals surface area contributed by atoms with E-state index in [1.807, 2.05) is 38.1 Å². The van der Waals surface area contributed by atoms with Crippen molar-refractivity contribution in [3.8, 4) is 11.5 Å². The average molecular weight is 713 g/mol. The molecule has 0 aliphatic carbocycles. The summed E-state index contributed by atoms with van der Waals surface area (Å²) in [5.41, 5.74) is 4.22. The molecule has 1 unspecified atom stereocenters. The zero-order valence-electron chi connectivity index (χ0n) is 30.0. The van der Waals surface area contributed by atoms with Gasteiger partial charge in [-0.3, -0.25) is 19.2 Å². The smallest absolute Gasteiger partial charge is 0.170 e. The Balaban J connectivity index is 0.000000275. The van der Waals surface area contributed by atoms with Gasteiger partial charge in [0.25, 0.3) is 0 Å². The summed E-state index contributed by atoms with van der Waals surface area (Å²) >= 11 is 0. The lowest BCUT2D eigenvalue weighted by Gasteiger charge is -2.22. The highest BCUT2D eigenvalue weighted by molar-refractivity contribution is 6.14. The molecule has 4 aromatic rings. The Morgan fingerprint density at radius 3 is 1.33 bits per heavy atom. The largest absolute Gasteiger partial charge is 0.491 e. The van der Waals surface area contributed by atoms with Crippen molar-refractivity contribution in [3.05, 3.63) is 130 Å². The number of carbonyl (C=O) groups excluding carboxylic acids is 4. The van der Waals surface area contributed by atoms with Crippen LogP contribution in [0.4, 0.5) is 0 Å². The van der Waals surface area contributed by atoms with Gasteiger partial charge in [-0.2, -0.15) is 0 Å². The molecule has 0 saturated carbocycles. The Kier molecular flexibility index (Phi) is 18.1. The van der Waals surface area contributed by atoms with E-state index in [1.54, 1.807) is 72.8 Å². The van der Waals surface area contributed by atoms with Crippen LogP contribution in [-0.2, 0) is 9.47 Å². The van der Waals surface area contributed by atoms with E-state index in [4.69, 9.17) is 29.2 Å². The van der Waals surface area contributed by atoms with Crippen LogP contribution in [0.3, 0.4) is 0 Å². The lowest BCUT2D eigenvalue weighted by atomic mass is 10.0. The van der Waals surface area contributed by atoms with Crippen LogP contribution in [0.25, 0.3) is 0 Å². The van der Waals surface area contributed by atoms with E-state index in [1.165, 1.54) is 0 Å². The van der Waals surface area contributed by atoms with Crippen LogP contribution >= 0.6 is 0 Å². The number of aliphatic hydroxyl groups excluding tert-OH is 2. The number of Topliss-reactive ketones (excluding diaryl/α,β-unsaturated/α-hetero) is 4. The molecule has 10 nitrogen and oxygen atoms in total. The molecule has 52 heavy (non-hydrogen) atoms. The van der Waals surface area contributed by atoms with E-state index < -0.39 is 0 Å². The van der Waals surface area contributed by atoms with Crippen LogP contribution in [0.2, 0.25) is 0 Å². The molecular formula is C42H48O10. The molecule has 1 heterocycles. The monoisotopic (exact) mass is 712 g/mol. The molecule has 2 N–H and O–H groups in total. The van der Waals surface area contributed by atoms with Crippen molar-refractivity contribution in [1.82, 2.24) is 0 Å². The topological polar surface area (TPSA) is 146 Å². The molecule has 276 valence electrons. The summed E-state index contributed by atoms with van der Waals surface area (Å²) in [6.45, 7) is 5.67. The highest BCUT2D eigenvalue weighted by Gasteiger charge is 2.16. The average Bonchev–Trinajstić information content (AvgIpc) is 3.18. The van der Waals surface area contributed by atoms with Crippen LogP contribution in [0.5, 0.6) is 11.5 Å². The number of ketones is 4. The molecule has 0 aromatic heterocycles. The molecule has 0 radical (unpaired) electrons. The first-order valence-electron chi connectivity index (χ1n) is 17.2. The fourth-order valence-electron chi connectivity index (χ4n) is 5.00. The second-order valence-electron chi connectivity index (χ2n) is 11.9. The molecule has 0 bridgehead atoms. The molecule has 0 spiro atoms. The van der Waals surface area contributed by atoms with Gasteiger partial charge in [0, 0.05) is 36.0 Å². The number of carbonyl (C=O) groups is 4. The van der Waals surface area contributed by atoms with E-state index in [0.29, 0.717) is 47.0 Å². The first kappa shape index (κ1) is 41.4. The van der Waals surface area contributed by atoms with Gasteiger partial charge in [-0.15, -0.1) is 0 Å². The van der Waals surface area contributed by atoms with E-state index in [2.05, 4.69) is 0 Å². The maximum atomic E-state index is 12.3. The van der Waals surface area contributed by atoms with Gasteiger partial charge in [0.2, 0.25) is 0 Å². The van der Waals surface area contributed by atoms with E-state index in [-0.39, 0.29) is 55.5 Å². The zero-order chi connectivity index (χ0) is 37.7. The maximum Gasteiger partial charge on any atom is 0.170 e. The minimum absolute atomic E-state index is 0.0638. The standard InChI is InChI=1S/C23H26O5.C18H18O4.CH4O/c1-17-5-7-18(8-6-17)21(24)16-22(25)19-9-11-20(12-10-19)26-14-15-28-23-4-2-3-13-27-23;1-13-2-4-14(5-3-13)17(20)12-18(21)15-6-8-16(9-7-15)22-11-10-19;1-2/h5-12,23H,2-4,13-16H2,1H3;2-9,19H,10-12H2,1H3;2H,1H3. The van der Waals surface area contributed by atoms with E-state index in [9.17, 15) is 19.2 Å². The number of ether oxygens (including phenoxy) is 4. The third-order valence-electron chi connectivity index (χ3n) is 7.90. The summed E-state index contributed by atoms with van der Waals surface area (Å²) in [5.74, 6) is 0.456. The van der Waals surface area contributed by atoms with Crippen LogP contribution < -0.4 is 9.47 Å². The third-order valence-corrected chi connectivity index (χ3v) is 7.90. The minimum Gasteiger partial charge on any atom is -0.491 e. The van der Waals surface area contributed by atoms with Crippen LogP contribution in [0.1, 0.15) is 84.7 Å². The minimum atomic E-state index is -0.223. The molecule has 10 heteroatoms. The Hall–Kier alpha value is -5.00. The number of hydrogen-bond acceptors (Lipinski definition) is 10. The molecule has 4 aromatic carbocycles. The van der Waals surface area contributed by atoms with Crippen LogP contribution in [0.15, 0.2) is 97.1 Å². The quantitative estimate of drug-likeness (QED) is 0.0723. The van der Waals surface area contributed by atoms with Gasteiger partial charge in [-0.05, 0) is 81.6 Å². The number of hydrogen-bond donors (Lipinski definition) is 2. The summed E-state index contributed by atoms with van der Waals surface area (Å²) in [6.07, 6.45) is 2.74. The predicted molar refractivity (Wildman–Crippen MR) is 198 cm³/mol. The molecule has 1 fully saturated rings. The second-order valence-corrected chi connectivity index (χ2v) is 11.9. The molecule has 1 saturated heterocycles. The number of aryl methyl sites for hydroxylation is 2. The zero-order valence-corrected chi connectivity index (χ0v) is 30.0. The molecule has 1 atom stereocenters. The van der Waals surface area contributed by atoms with Crippen molar-refractivity contribution in [2.75, 3.05) is 40.1 Å². The fourth-order valence-corrected chi connectivity index (χ4v) is 5.00. The lowest BCUT2D eigenvalue weighted by Crippen LogP contribution is -2.24. The summed E-state index contributed by atoms with van der Waals surface area (Å²) in [7, 11) is 1.00. The number of benzene rings is 4. The molecular weight excluding hydrogens is 664 g/mol. The van der Waals surface area contributed by atoms with Crippen molar-refractivity contribution in [2.45, 2.75) is 52.2 Å². The summed E-state index contributed by atoms with van der Waals surface area (Å²) < 4.78 is 22.0. The summed E-state index contributed by atoms with van der Waals surface area (Å²) in [6, 6.07) is 27.8. The first-order valence-corrected chi connectivity index (χ1v) is 17.2. The summed E-state index contributed by atoms with van der Waals surface area (Å²) in [4.78, 5) is 48.8. The van der Waals surface area contributed by atoms with Crippen molar-refractivity contribution in [2.24, 2.45) is 0 Å². The maximum absolute atomic E-state index is 12.3.